The van der Waals surface area contributed by atoms with Gasteiger partial charge >= 0.3 is 0 Å². The first-order valence-electron chi connectivity index (χ1n) is 4.14. The molecular weight excluding hydrogens is 156 g/mol. The highest BCUT2D eigenvalue weighted by molar-refractivity contribution is 5.76. The van der Waals surface area contributed by atoms with Crippen molar-refractivity contribution >= 4 is 5.96 Å². The van der Waals surface area contributed by atoms with E-state index in [0.717, 1.165) is 25.9 Å². The molecule has 0 aromatic carbocycles. The average molecular weight is 172 g/mol. The van der Waals surface area contributed by atoms with E-state index in [-0.39, 0.29) is 12.0 Å². The zero-order chi connectivity index (χ0) is 8.97. The summed E-state index contributed by atoms with van der Waals surface area (Å²) in [5.74, 6) is 0.107. The molecule has 1 atom stereocenters. The van der Waals surface area contributed by atoms with Gasteiger partial charge in [-0.2, -0.15) is 0 Å². The predicted octanol–water partition coefficient (Wildman–Crippen LogP) is -0.626. The first-order valence-corrected chi connectivity index (χ1v) is 4.14. The van der Waals surface area contributed by atoms with Gasteiger partial charge in [-0.05, 0) is 26.4 Å². The minimum atomic E-state index is 0.107. The van der Waals surface area contributed by atoms with E-state index in [2.05, 4.69) is 16.9 Å². The Morgan fingerprint density at radius 3 is 3.08 bits per heavy atom. The molecule has 0 amide bonds. The topological polar surface area (TPSA) is 73.9 Å². The van der Waals surface area contributed by atoms with Gasteiger partial charge in [-0.25, -0.2) is 10.5 Å². The number of nitrogens with one attached hydrogen (secondary N) is 1. The van der Waals surface area contributed by atoms with Crippen molar-refractivity contribution in [2.45, 2.75) is 18.9 Å². The highest BCUT2D eigenvalue weighted by Gasteiger charge is 2.15. The summed E-state index contributed by atoms with van der Waals surface area (Å²) in [4.78, 5) is 6.31. The summed E-state index contributed by atoms with van der Waals surface area (Å²) in [5, 5.41) is 8.41. The third-order valence-electron chi connectivity index (χ3n) is 2.04. The molecule has 1 unspecified atom stereocenters. The van der Waals surface area contributed by atoms with E-state index in [1.54, 1.807) is 0 Å². The van der Waals surface area contributed by atoms with Crippen LogP contribution in [0, 0.1) is 0 Å². The van der Waals surface area contributed by atoms with Crippen LogP contribution in [0.5, 0.6) is 0 Å². The second-order valence-electron chi connectivity index (χ2n) is 3.18. The number of piperidine rings is 1. The van der Waals surface area contributed by atoms with Crippen LogP contribution < -0.4 is 11.2 Å². The fraction of sp³-hybridized carbons (Fsp3) is 0.857. The number of rotatable bonds is 1. The minimum absolute atomic E-state index is 0.107. The number of hydrogen-bond acceptors (Lipinski definition) is 3. The van der Waals surface area contributed by atoms with Crippen LogP contribution in [0.3, 0.4) is 0 Å². The Kier molecular flexibility index (Phi) is 3.31. The Morgan fingerprint density at radius 2 is 2.50 bits per heavy atom. The van der Waals surface area contributed by atoms with Crippen LogP contribution in [0.15, 0.2) is 4.99 Å². The molecule has 0 aromatic heterocycles. The molecule has 1 rings (SSSR count). The summed E-state index contributed by atoms with van der Waals surface area (Å²) in [6, 6.07) is 0.225. The smallest absolute Gasteiger partial charge is 0.213 e. The maximum absolute atomic E-state index is 8.41. The zero-order valence-corrected chi connectivity index (χ0v) is 7.32. The highest BCUT2D eigenvalue weighted by Crippen LogP contribution is 2.10. The Hall–Kier alpha value is -0.810. The fourth-order valence-corrected chi connectivity index (χ4v) is 1.47. The van der Waals surface area contributed by atoms with Crippen molar-refractivity contribution in [3.8, 4) is 0 Å². The first-order chi connectivity index (χ1) is 5.72. The molecule has 1 saturated heterocycles. The second-order valence-corrected chi connectivity index (χ2v) is 3.18. The van der Waals surface area contributed by atoms with Crippen molar-refractivity contribution in [1.29, 1.82) is 0 Å². The quantitative estimate of drug-likeness (QED) is 0.280. The molecule has 4 N–H and O–H groups in total. The van der Waals surface area contributed by atoms with E-state index in [1.165, 1.54) is 0 Å². The molecule has 0 spiro atoms. The van der Waals surface area contributed by atoms with Crippen molar-refractivity contribution < 1.29 is 5.21 Å². The van der Waals surface area contributed by atoms with Gasteiger partial charge in [0, 0.05) is 6.54 Å². The summed E-state index contributed by atoms with van der Waals surface area (Å²) < 4.78 is 0. The summed E-state index contributed by atoms with van der Waals surface area (Å²) in [6.07, 6.45) is 2.19. The Bertz CT molecular complexity index is 171. The molecule has 0 saturated carbocycles. The van der Waals surface area contributed by atoms with Crippen molar-refractivity contribution in [2.75, 3.05) is 20.1 Å². The van der Waals surface area contributed by atoms with Crippen LogP contribution in [0.4, 0.5) is 0 Å². The SMILES string of the molecule is CN1CCCC(N=C(N)NO)C1. The van der Waals surface area contributed by atoms with Gasteiger partial charge in [0.25, 0.3) is 0 Å². The predicted molar refractivity (Wildman–Crippen MR) is 47.1 cm³/mol. The van der Waals surface area contributed by atoms with Crippen LogP contribution >= 0.6 is 0 Å². The monoisotopic (exact) mass is 172 g/mol. The maximum atomic E-state index is 8.41. The van der Waals surface area contributed by atoms with Crippen LogP contribution in [-0.4, -0.2) is 42.2 Å². The zero-order valence-electron chi connectivity index (χ0n) is 7.32. The molecule has 0 bridgehead atoms. The van der Waals surface area contributed by atoms with E-state index in [4.69, 9.17) is 10.9 Å². The lowest BCUT2D eigenvalue weighted by atomic mass is 10.1. The van der Waals surface area contributed by atoms with E-state index in [1.807, 2.05) is 5.48 Å². The lowest BCUT2D eigenvalue weighted by Crippen LogP contribution is -2.37. The van der Waals surface area contributed by atoms with E-state index >= 15 is 0 Å². The van der Waals surface area contributed by atoms with Crippen molar-refractivity contribution in [3.63, 3.8) is 0 Å². The largest absolute Gasteiger partial charge is 0.368 e. The maximum Gasteiger partial charge on any atom is 0.213 e. The van der Waals surface area contributed by atoms with Crippen molar-refractivity contribution in [3.05, 3.63) is 0 Å². The standard InChI is InChI=1S/C7H16N4O/c1-11-4-2-3-6(5-11)9-7(8)10-12/h6,12H,2-5H2,1H3,(H3,8,9,10). The lowest BCUT2D eigenvalue weighted by molar-refractivity contribution is 0.226. The summed E-state index contributed by atoms with van der Waals surface area (Å²) >= 11 is 0. The third-order valence-corrected chi connectivity index (χ3v) is 2.04. The summed E-state index contributed by atoms with van der Waals surface area (Å²) in [7, 11) is 2.06. The highest BCUT2D eigenvalue weighted by atomic mass is 16.5. The van der Waals surface area contributed by atoms with Crippen molar-refractivity contribution in [1.82, 2.24) is 10.4 Å². The van der Waals surface area contributed by atoms with E-state index in [0.29, 0.717) is 0 Å². The van der Waals surface area contributed by atoms with E-state index in [9.17, 15) is 0 Å². The van der Waals surface area contributed by atoms with Gasteiger partial charge in [0.05, 0.1) is 6.04 Å². The molecule has 1 aliphatic rings. The van der Waals surface area contributed by atoms with Gasteiger partial charge in [-0.3, -0.25) is 5.21 Å². The molecular formula is C7H16N4O. The number of nitrogens with two attached hydrogens (primary N) is 1. The van der Waals surface area contributed by atoms with Gasteiger partial charge in [-0.15, -0.1) is 0 Å². The molecule has 5 nitrogen and oxygen atoms in total. The van der Waals surface area contributed by atoms with Crippen LogP contribution in [0.1, 0.15) is 12.8 Å². The number of nitrogens with zero attached hydrogens (tertiary/aromatic N) is 2. The lowest BCUT2D eigenvalue weighted by Gasteiger charge is -2.27. The van der Waals surface area contributed by atoms with Crippen LogP contribution in [0.2, 0.25) is 0 Å². The molecule has 1 aliphatic heterocycles. The molecule has 0 aromatic rings. The Morgan fingerprint density at radius 1 is 1.75 bits per heavy atom. The number of likely N-dealkylation sites (N-methyl/N-ethyl adjacent to an activating group) is 1. The van der Waals surface area contributed by atoms with Gasteiger partial charge in [0.15, 0.2) is 0 Å². The molecule has 0 radical (unpaired) electrons. The van der Waals surface area contributed by atoms with Crippen LogP contribution in [-0.2, 0) is 0 Å². The molecule has 0 aliphatic carbocycles. The summed E-state index contributed by atoms with van der Waals surface area (Å²) in [5.41, 5.74) is 7.16. The number of hydrogen-bond donors (Lipinski definition) is 3. The Balaban J connectivity index is 2.41. The molecule has 70 valence electrons. The molecule has 1 heterocycles. The molecule has 5 heteroatoms. The van der Waals surface area contributed by atoms with Gasteiger partial charge in [-0.1, -0.05) is 0 Å². The van der Waals surface area contributed by atoms with Gasteiger partial charge in [0.1, 0.15) is 0 Å². The first kappa shape index (κ1) is 9.28. The number of likely N-dealkylation sites (tertiary alicyclic amines) is 1. The Labute approximate surface area is 72.2 Å². The average Bonchev–Trinajstić information content (AvgIpc) is 2.04. The van der Waals surface area contributed by atoms with Gasteiger partial charge in [0.2, 0.25) is 5.96 Å². The van der Waals surface area contributed by atoms with Crippen LogP contribution in [0.25, 0.3) is 0 Å². The number of aliphatic imine (C=N–C) groups is 1. The number of guanidine groups is 1. The molecule has 1 fully saturated rings. The minimum Gasteiger partial charge on any atom is -0.368 e. The van der Waals surface area contributed by atoms with E-state index < -0.39 is 0 Å². The number of hydroxylamine groups is 1. The fourth-order valence-electron chi connectivity index (χ4n) is 1.47. The summed E-state index contributed by atoms with van der Waals surface area (Å²) in [6.45, 7) is 2.04. The molecule has 12 heavy (non-hydrogen) atoms. The normalized spacial score (nSPS) is 27.2. The second kappa shape index (κ2) is 4.27. The third kappa shape index (κ3) is 2.67. The van der Waals surface area contributed by atoms with Gasteiger partial charge < -0.3 is 10.6 Å². The van der Waals surface area contributed by atoms with Crippen molar-refractivity contribution in [2.24, 2.45) is 10.7 Å².